The van der Waals surface area contributed by atoms with Crippen LogP contribution >= 0.6 is 0 Å². The van der Waals surface area contributed by atoms with Gasteiger partial charge in [0.2, 0.25) is 5.91 Å². The molecule has 0 bridgehead atoms. The van der Waals surface area contributed by atoms with Crippen LogP contribution in [0, 0.1) is 5.92 Å². The van der Waals surface area contributed by atoms with Crippen molar-refractivity contribution in [3.8, 4) is 0 Å². The number of nitrogens with zero attached hydrogens (tertiary/aromatic N) is 2. The van der Waals surface area contributed by atoms with E-state index in [0.717, 1.165) is 64.3 Å². The molecule has 1 aliphatic heterocycles. The van der Waals surface area contributed by atoms with E-state index in [1.807, 2.05) is 0 Å². The molecular formula is C14H27N3O2. The molecule has 0 radical (unpaired) electrons. The summed E-state index contributed by atoms with van der Waals surface area (Å²) in [6.45, 7) is 6.99. The highest BCUT2D eigenvalue weighted by Gasteiger charge is 2.34. The molecule has 5 nitrogen and oxygen atoms in total. The highest BCUT2D eigenvalue weighted by molar-refractivity contribution is 5.75. The summed E-state index contributed by atoms with van der Waals surface area (Å²) >= 11 is 0. The van der Waals surface area contributed by atoms with Crippen molar-refractivity contribution in [1.29, 1.82) is 0 Å². The Kier molecular flexibility index (Phi) is 4.81. The predicted molar refractivity (Wildman–Crippen MR) is 74.7 cm³/mol. The number of β-amino-alcohol motifs (C(OH)–C–C–N with tert-alkyl or cyclic N) is 1. The lowest BCUT2D eigenvalue weighted by Crippen LogP contribution is -2.53. The van der Waals surface area contributed by atoms with Crippen LogP contribution in [-0.2, 0) is 4.79 Å². The molecule has 2 fully saturated rings. The first-order chi connectivity index (χ1) is 8.97. The van der Waals surface area contributed by atoms with Gasteiger partial charge in [-0.3, -0.25) is 14.6 Å². The normalized spacial score (nSPS) is 34.3. The molecule has 1 amide bonds. The maximum Gasteiger partial charge on any atom is 0.231 e. The minimum Gasteiger partial charge on any atom is -0.389 e. The lowest BCUT2D eigenvalue weighted by atomic mass is 9.79. The Morgan fingerprint density at radius 3 is 2.26 bits per heavy atom. The van der Waals surface area contributed by atoms with E-state index < -0.39 is 5.60 Å². The molecule has 5 heteroatoms. The Morgan fingerprint density at radius 2 is 1.74 bits per heavy atom. The summed E-state index contributed by atoms with van der Waals surface area (Å²) in [6.07, 6.45) is 4.13. The first kappa shape index (κ1) is 14.8. The van der Waals surface area contributed by atoms with Crippen LogP contribution in [0.4, 0.5) is 0 Å². The number of carbonyl (C=O) groups is 1. The van der Waals surface area contributed by atoms with Gasteiger partial charge in [-0.05, 0) is 31.6 Å². The van der Waals surface area contributed by atoms with Gasteiger partial charge in [-0.15, -0.1) is 0 Å². The Labute approximate surface area is 115 Å². The monoisotopic (exact) mass is 269 g/mol. The van der Waals surface area contributed by atoms with Crippen LogP contribution in [0.25, 0.3) is 0 Å². The molecule has 0 unspecified atom stereocenters. The molecule has 1 aliphatic carbocycles. The second kappa shape index (κ2) is 6.20. The van der Waals surface area contributed by atoms with Crippen molar-refractivity contribution >= 4 is 5.91 Å². The van der Waals surface area contributed by atoms with Gasteiger partial charge in [0.1, 0.15) is 0 Å². The van der Waals surface area contributed by atoms with E-state index in [4.69, 9.17) is 5.73 Å². The molecule has 2 rings (SSSR count). The van der Waals surface area contributed by atoms with Gasteiger partial charge in [0.15, 0.2) is 0 Å². The molecule has 1 saturated heterocycles. The number of nitrogens with two attached hydrogens (primary N) is 1. The molecule has 19 heavy (non-hydrogen) atoms. The van der Waals surface area contributed by atoms with E-state index in [-0.39, 0.29) is 5.91 Å². The van der Waals surface area contributed by atoms with Crippen LogP contribution in [0.2, 0.25) is 0 Å². The number of carbonyl (C=O) groups excluding carboxylic acids is 1. The molecule has 3 N–H and O–H groups in total. The Hall–Kier alpha value is -0.650. The SMILES string of the molecule is CC1CCC(O)(CN2CCN(CC(N)=O)CC2)CC1. The van der Waals surface area contributed by atoms with Crippen molar-refractivity contribution < 1.29 is 9.90 Å². The molecule has 0 aromatic heterocycles. The first-order valence-electron chi connectivity index (χ1n) is 7.42. The molecular weight excluding hydrogens is 242 g/mol. The van der Waals surface area contributed by atoms with Crippen molar-refractivity contribution in [3.63, 3.8) is 0 Å². The van der Waals surface area contributed by atoms with E-state index in [9.17, 15) is 9.90 Å². The van der Waals surface area contributed by atoms with Crippen molar-refractivity contribution in [1.82, 2.24) is 9.80 Å². The maximum absolute atomic E-state index is 10.9. The number of piperazine rings is 1. The van der Waals surface area contributed by atoms with E-state index in [1.165, 1.54) is 0 Å². The fourth-order valence-corrected chi connectivity index (χ4v) is 3.20. The molecule has 0 aromatic rings. The Bertz CT molecular complexity index is 306. The second-order valence-electron chi connectivity index (χ2n) is 6.43. The van der Waals surface area contributed by atoms with Crippen LogP contribution in [0.5, 0.6) is 0 Å². The van der Waals surface area contributed by atoms with E-state index in [1.54, 1.807) is 0 Å². The van der Waals surface area contributed by atoms with Gasteiger partial charge in [0.25, 0.3) is 0 Å². The fourth-order valence-electron chi connectivity index (χ4n) is 3.20. The number of aliphatic hydroxyl groups is 1. The number of hydrogen-bond donors (Lipinski definition) is 2. The zero-order chi connectivity index (χ0) is 13.9. The van der Waals surface area contributed by atoms with Gasteiger partial charge in [0.05, 0.1) is 12.1 Å². The largest absolute Gasteiger partial charge is 0.389 e. The van der Waals surface area contributed by atoms with Crippen LogP contribution in [0.3, 0.4) is 0 Å². The van der Waals surface area contributed by atoms with Crippen LogP contribution in [0.1, 0.15) is 32.6 Å². The van der Waals surface area contributed by atoms with Crippen molar-refractivity contribution in [2.45, 2.75) is 38.2 Å². The topological polar surface area (TPSA) is 69.8 Å². The van der Waals surface area contributed by atoms with E-state index >= 15 is 0 Å². The third-order valence-electron chi connectivity index (χ3n) is 4.57. The average Bonchev–Trinajstić information content (AvgIpc) is 2.35. The highest BCUT2D eigenvalue weighted by Crippen LogP contribution is 2.32. The van der Waals surface area contributed by atoms with Gasteiger partial charge >= 0.3 is 0 Å². The number of rotatable bonds is 4. The Morgan fingerprint density at radius 1 is 1.21 bits per heavy atom. The molecule has 0 spiro atoms. The van der Waals surface area contributed by atoms with Gasteiger partial charge in [-0.2, -0.15) is 0 Å². The van der Waals surface area contributed by atoms with Crippen molar-refractivity contribution in [3.05, 3.63) is 0 Å². The summed E-state index contributed by atoms with van der Waals surface area (Å²) in [5.41, 5.74) is 4.72. The zero-order valence-corrected chi connectivity index (χ0v) is 12.0. The standard InChI is InChI=1S/C14H27N3O2/c1-12-2-4-14(19,5-3-12)11-17-8-6-16(7-9-17)10-13(15)18/h12,19H,2-11H2,1H3,(H2,15,18). The molecule has 1 heterocycles. The second-order valence-corrected chi connectivity index (χ2v) is 6.43. The minimum atomic E-state index is -0.488. The van der Waals surface area contributed by atoms with E-state index in [2.05, 4.69) is 16.7 Å². The average molecular weight is 269 g/mol. The quantitative estimate of drug-likeness (QED) is 0.755. The molecule has 110 valence electrons. The highest BCUT2D eigenvalue weighted by atomic mass is 16.3. The summed E-state index contributed by atoms with van der Waals surface area (Å²) in [5.74, 6) is 0.501. The smallest absolute Gasteiger partial charge is 0.231 e. The third kappa shape index (κ3) is 4.44. The number of amides is 1. The molecule has 2 aliphatic rings. The van der Waals surface area contributed by atoms with Crippen molar-refractivity contribution in [2.75, 3.05) is 39.3 Å². The minimum absolute atomic E-state index is 0.256. The predicted octanol–water partition coefficient (Wildman–Crippen LogP) is 0.0305. The van der Waals surface area contributed by atoms with Crippen LogP contribution in [0.15, 0.2) is 0 Å². The lowest BCUT2D eigenvalue weighted by Gasteiger charge is -2.41. The third-order valence-corrected chi connectivity index (χ3v) is 4.57. The summed E-state index contributed by atoms with van der Waals surface area (Å²) in [6, 6.07) is 0. The number of primary amides is 1. The van der Waals surface area contributed by atoms with Crippen LogP contribution < -0.4 is 5.73 Å². The maximum atomic E-state index is 10.9. The first-order valence-corrected chi connectivity index (χ1v) is 7.42. The molecule has 0 atom stereocenters. The van der Waals surface area contributed by atoms with Gasteiger partial charge in [0, 0.05) is 32.7 Å². The molecule has 0 aromatic carbocycles. The summed E-state index contributed by atoms with van der Waals surface area (Å²) in [7, 11) is 0. The van der Waals surface area contributed by atoms with Crippen LogP contribution in [-0.4, -0.2) is 65.7 Å². The molecule has 1 saturated carbocycles. The fraction of sp³-hybridized carbons (Fsp3) is 0.929. The summed E-state index contributed by atoms with van der Waals surface area (Å²) in [5, 5.41) is 10.6. The zero-order valence-electron chi connectivity index (χ0n) is 12.0. The van der Waals surface area contributed by atoms with Gasteiger partial charge in [-0.1, -0.05) is 6.92 Å². The van der Waals surface area contributed by atoms with Gasteiger partial charge in [-0.25, -0.2) is 0 Å². The Balaban J connectivity index is 1.74. The lowest BCUT2D eigenvalue weighted by molar-refractivity contribution is -0.119. The van der Waals surface area contributed by atoms with Crippen molar-refractivity contribution in [2.24, 2.45) is 11.7 Å². The van der Waals surface area contributed by atoms with Gasteiger partial charge < -0.3 is 10.8 Å². The van der Waals surface area contributed by atoms with E-state index in [0.29, 0.717) is 6.54 Å². The summed E-state index contributed by atoms with van der Waals surface area (Å²) < 4.78 is 0. The number of hydrogen-bond acceptors (Lipinski definition) is 4. The summed E-state index contributed by atoms with van der Waals surface area (Å²) in [4.78, 5) is 15.3.